The van der Waals surface area contributed by atoms with Crippen molar-refractivity contribution in [2.45, 2.75) is 18.7 Å². The van der Waals surface area contributed by atoms with E-state index >= 15 is 0 Å². The van der Waals surface area contributed by atoms with Crippen LogP contribution in [0.15, 0.2) is 64.0 Å². The van der Waals surface area contributed by atoms with Crippen LogP contribution in [0.4, 0.5) is 5.69 Å². The van der Waals surface area contributed by atoms with E-state index in [1.54, 1.807) is 55.5 Å². The Bertz CT molecular complexity index is 1350. The van der Waals surface area contributed by atoms with Crippen LogP contribution < -0.4 is 9.04 Å². The van der Waals surface area contributed by atoms with Crippen LogP contribution in [0.2, 0.25) is 5.02 Å². The minimum atomic E-state index is -3.79. The first kappa shape index (κ1) is 22.3. The first-order chi connectivity index (χ1) is 15.3. The van der Waals surface area contributed by atoms with Crippen molar-refractivity contribution in [3.63, 3.8) is 0 Å². The largest absolute Gasteiger partial charge is 0.494 e. The lowest BCUT2D eigenvalue weighted by molar-refractivity contribution is 0.340. The standard InChI is InChI=1S/C22H20ClN3O4S2/c1-4-29-18-10-8-17(9-11-18)26(3)32(27,28)20-13-19(31-14(20)2)22-24-21(25-30-22)15-6-5-7-16(23)12-15/h5-13H,4H2,1-3H3. The van der Waals surface area contributed by atoms with Crippen LogP contribution in [-0.4, -0.2) is 32.2 Å². The van der Waals surface area contributed by atoms with Gasteiger partial charge in [0, 0.05) is 22.5 Å². The quantitative estimate of drug-likeness (QED) is 0.333. The van der Waals surface area contributed by atoms with Crippen molar-refractivity contribution in [2.24, 2.45) is 0 Å². The van der Waals surface area contributed by atoms with Crippen molar-refractivity contribution in [2.75, 3.05) is 18.0 Å². The Morgan fingerprint density at radius 2 is 1.91 bits per heavy atom. The molecule has 0 unspecified atom stereocenters. The number of hydrogen-bond acceptors (Lipinski definition) is 7. The summed E-state index contributed by atoms with van der Waals surface area (Å²) in [6, 6.07) is 15.6. The third-order valence-electron chi connectivity index (χ3n) is 4.74. The third-order valence-corrected chi connectivity index (χ3v) is 8.06. The third kappa shape index (κ3) is 4.36. The lowest BCUT2D eigenvalue weighted by atomic mass is 10.2. The normalized spacial score (nSPS) is 11.5. The van der Waals surface area contributed by atoms with Gasteiger partial charge in [0.15, 0.2) is 0 Å². The molecule has 0 bridgehead atoms. The zero-order valence-electron chi connectivity index (χ0n) is 17.6. The molecule has 4 rings (SSSR count). The van der Waals surface area contributed by atoms with Gasteiger partial charge in [-0.3, -0.25) is 4.31 Å². The zero-order valence-corrected chi connectivity index (χ0v) is 20.0. The van der Waals surface area contributed by atoms with Crippen molar-refractivity contribution in [1.29, 1.82) is 0 Å². The summed E-state index contributed by atoms with van der Waals surface area (Å²) >= 11 is 7.31. The van der Waals surface area contributed by atoms with Gasteiger partial charge < -0.3 is 9.26 Å². The number of hydrogen-bond donors (Lipinski definition) is 0. The minimum absolute atomic E-state index is 0.191. The van der Waals surface area contributed by atoms with E-state index in [0.29, 0.717) is 44.2 Å². The molecular weight excluding hydrogens is 470 g/mol. The molecule has 0 amide bonds. The molecule has 2 aromatic carbocycles. The van der Waals surface area contributed by atoms with Crippen LogP contribution >= 0.6 is 22.9 Å². The fourth-order valence-electron chi connectivity index (χ4n) is 3.10. The molecule has 32 heavy (non-hydrogen) atoms. The van der Waals surface area contributed by atoms with E-state index in [-0.39, 0.29) is 10.8 Å². The van der Waals surface area contributed by atoms with E-state index in [2.05, 4.69) is 10.1 Å². The Balaban J connectivity index is 1.63. The van der Waals surface area contributed by atoms with E-state index in [4.69, 9.17) is 20.9 Å². The summed E-state index contributed by atoms with van der Waals surface area (Å²) in [5.41, 5.74) is 1.24. The van der Waals surface area contributed by atoms with Crippen LogP contribution in [-0.2, 0) is 10.0 Å². The molecule has 0 N–H and O–H groups in total. The molecule has 7 nitrogen and oxygen atoms in total. The van der Waals surface area contributed by atoms with Crippen LogP contribution in [0.5, 0.6) is 5.75 Å². The maximum absolute atomic E-state index is 13.3. The van der Waals surface area contributed by atoms with Gasteiger partial charge in [-0.15, -0.1) is 11.3 Å². The predicted molar refractivity (Wildman–Crippen MR) is 126 cm³/mol. The molecule has 0 aliphatic carbocycles. The topological polar surface area (TPSA) is 85.5 Å². The van der Waals surface area contributed by atoms with E-state index in [0.717, 1.165) is 0 Å². The molecule has 0 atom stereocenters. The number of aryl methyl sites for hydroxylation is 1. The number of ether oxygens (including phenoxy) is 1. The number of rotatable bonds is 7. The number of nitrogens with zero attached hydrogens (tertiary/aromatic N) is 3. The number of halogens is 1. The second kappa shape index (κ2) is 8.93. The number of thiophene rings is 1. The van der Waals surface area contributed by atoms with Gasteiger partial charge in [-0.05, 0) is 56.3 Å². The lowest BCUT2D eigenvalue weighted by Gasteiger charge is -2.19. The molecule has 0 aliphatic heterocycles. The minimum Gasteiger partial charge on any atom is -0.494 e. The van der Waals surface area contributed by atoms with Gasteiger partial charge in [-0.25, -0.2) is 8.42 Å². The van der Waals surface area contributed by atoms with Crippen molar-refractivity contribution in [1.82, 2.24) is 10.1 Å². The Morgan fingerprint density at radius 3 is 2.59 bits per heavy atom. The fourth-order valence-corrected chi connectivity index (χ4v) is 5.97. The van der Waals surface area contributed by atoms with Crippen molar-refractivity contribution in [3.8, 4) is 27.9 Å². The number of sulfonamides is 1. The summed E-state index contributed by atoms with van der Waals surface area (Å²) < 4.78 is 38.6. The summed E-state index contributed by atoms with van der Waals surface area (Å²) in [6.07, 6.45) is 0. The summed E-state index contributed by atoms with van der Waals surface area (Å²) in [5, 5.41) is 4.56. The molecule has 0 spiro atoms. The molecule has 2 aromatic heterocycles. The first-order valence-corrected chi connectivity index (χ1v) is 12.4. The Labute approximate surface area is 195 Å². The highest BCUT2D eigenvalue weighted by atomic mass is 35.5. The zero-order chi connectivity index (χ0) is 22.9. The van der Waals surface area contributed by atoms with Crippen LogP contribution in [0.3, 0.4) is 0 Å². The summed E-state index contributed by atoms with van der Waals surface area (Å²) in [6.45, 7) is 4.18. The predicted octanol–water partition coefficient (Wildman–Crippen LogP) is 5.65. The highest BCUT2D eigenvalue weighted by Gasteiger charge is 2.27. The number of anilines is 1. The first-order valence-electron chi connectivity index (χ1n) is 9.72. The Hall–Kier alpha value is -2.88. The molecule has 166 valence electrons. The smallest absolute Gasteiger partial charge is 0.268 e. The van der Waals surface area contributed by atoms with Gasteiger partial charge in [0.25, 0.3) is 15.9 Å². The second-order valence-electron chi connectivity index (χ2n) is 6.86. The molecule has 0 saturated carbocycles. The van der Waals surface area contributed by atoms with Crippen LogP contribution in [0.1, 0.15) is 11.8 Å². The molecule has 0 aliphatic rings. The maximum Gasteiger partial charge on any atom is 0.268 e. The Kier molecular flexibility index (Phi) is 6.23. The number of benzene rings is 2. The van der Waals surface area contributed by atoms with Crippen molar-refractivity contribution < 1.29 is 17.7 Å². The van der Waals surface area contributed by atoms with E-state index in [1.807, 2.05) is 13.0 Å². The van der Waals surface area contributed by atoms with Crippen LogP contribution in [0, 0.1) is 6.92 Å². The molecule has 10 heteroatoms. The SMILES string of the molecule is CCOc1ccc(N(C)S(=O)(=O)c2cc(-c3nc(-c4cccc(Cl)c4)no3)sc2C)cc1. The van der Waals surface area contributed by atoms with Crippen molar-refractivity contribution in [3.05, 3.63) is 64.5 Å². The second-order valence-corrected chi connectivity index (χ2v) is 10.5. The summed E-state index contributed by atoms with van der Waals surface area (Å²) in [5.74, 6) is 1.31. The molecular formula is C22H20ClN3O4S2. The van der Waals surface area contributed by atoms with Gasteiger partial charge >= 0.3 is 0 Å². The monoisotopic (exact) mass is 489 g/mol. The average Bonchev–Trinajstić information content (AvgIpc) is 3.41. The van der Waals surface area contributed by atoms with E-state index < -0.39 is 10.0 Å². The Morgan fingerprint density at radius 1 is 1.16 bits per heavy atom. The highest BCUT2D eigenvalue weighted by Crippen LogP contribution is 2.36. The summed E-state index contributed by atoms with van der Waals surface area (Å²) in [4.78, 5) is 5.80. The summed E-state index contributed by atoms with van der Waals surface area (Å²) in [7, 11) is -2.27. The maximum atomic E-state index is 13.3. The average molecular weight is 490 g/mol. The van der Waals surface area contributed by atoms with Crippen LogP contribution in [0.25, 0.3) is 22.2 Å². The molecule has 0 fully saturated rings. The van der Waals surface area contributed by atoms with Gasteiger partial charge in [0.05, 0.1) is 17.2 Å². The molecule has 0 saturated heterocycles. The van der Waals surface area contributed by atoms with Gasteiger partial charge in [0.2, 0.25) is 5.82 Å². The van der Waals surface area contributed by atoms with Gasteiger partial charge in [0.1, 0.15) is 10.6 Å². The van der Waals surface area contributed by atoms with E-state index in [1.165, 1.54) is 22.7 Å². The molecule has 4 aromatic rings. The van der Waals surface area contributed by atoms with Gasteiger partial charge in [-0.1, -0.05) is 28.9 Å². The molecule has 2 heterocycles. The number of aromatic nitrogens is 2. The fraction of sp³-hybridized carbons (Fsp3) is 0.182. The van der Waals surface area contributed by atoms with Crippen molar-refractivity contribution >= 4 is 38.6 Å². The molecule has 0 radical (unpaired) electrons. The van der Waals surface area contributed by atoms with E-state index in [9.17, 15) is 8.42 Å². The van der Waals surface area contributed by atoms with Gasteiger partial charge in [-0.2, -0.15) is 4.98 Å². The lowest BCUT2D eigenvalue weighted by Crippen LogP contribution is -2.26. The highest BCUT2D eigenvalue weighted by molar-refractivity contribution is 7.93.